The summed E-state index contributed by atoms with van der Waals surface area (Å²) in [5.41, 5.74) is 3.10. The SMILES string of the molecule is CNC(=O)CC(C)N(C)Cc1cccc(C(=O)Nc2cn(C)nc2C)c1. The average molecular weight is 357 g/mol. The molecule has 0 fully saturated rings. The predicted octanol–water partition coefficient (Wildman–Crippen LogP) is 1.94. The Morgan fingerprint density at radius 1 is 1.35 bits per heavy atom. The largest absolute Gasteiger partial charge is 0.359 e. The van der Waals surface area contributed by atoms with Crippen LogP contribution in [0.1, 0.15) is 35.0 Å². The van der Waals surface area contributed by atoms with E-state index >= 15 is 0 Å². The molecule has 0 aliphatic carbocycles. The minimum absolute atomic E-state index is 0.0179. The summed E-state index contributed by atoms with van der Waals surface area (Å²) in [6, 6.07) is 7.63. The van der Waals surface area contributed by atoms with Crippen molar-refractivity contribution in [1.29, 1.82) is 0 Å². The highest BCUT2D eigenvalue weighted by molar-refractivity contribution is 6.04. The van der Waals surface area contributed by atoms with Gasteiger partial charge in [0.2, 0.25) is 5.91 Å². The number of carbonyl (C=O) groups excluding carboxylic acids is 2. The molecule has 7 heteroatoms. The molecule has 1 aromatic heterocycles. The molecular weight excluding hydrogens is 330 g/mol. The maximum atomic E-state index is 12.5. The monoisotopic (exact) mass is 357 g/mol. The van der Waals surface area contributed by atoms with E-state index in [1.165, 1.54) is 0 Å². The molecule has 26 heavy (non-hydrogen) atoms. The van der Waals surface area contributed by atoms with Crippen LogP contribution < -0.4 is 10.6 Å². The Morgan fingerprint density at radius 3 is 2.69 bits per heavy atom. The summed E-state index contributed by atoms with van der Waals surface area (Å²) in [5.74, 6) is -0.145. The number of amides is 2. The fraction of sp³-hybridized carbons (Fsp3) is 0.421. The van der Waals surface area contributed by atoms with E-state index in [0.29, 0.717) is 24.2 Å². The lowest BCUT2D eigenvalue weighted by atomic mass is 10.1. The highest BCUT2D eigenvalue weighted by Crippen LogP contribution is 2.15. The van der Waals surface area contributed by atoms with Crippen LogP contribution in [0.4, 0.5) is 5.69 Å². The maximum Gasteiger partial charge on any atom is 0.255 e. The summed E-state index contributed by atoms with van der Waals surface area (Å²) in [5, 5.41) is 9.77. The number of carbonyl (C=O) groups is 2. The van der Waals surface area contributed by atoms with Crippen molar-refractivity contribution in [2.24, 2.45) is 7.05 Å². The van der Waals surface area contributed by atoms with Crippen LogP contribution in [0, 0.1) is 6.92 Å². The molecule has 1 unspecified atom stereocenters. The molecule has 0 spiro atoms. The summed E-state index contributed by atoms with van der Waals surface area (Å²) < 4.78 is 1.67. The van der Waals surface area contributed by atoms with Crippen LogP contribution in [0.2, 0.25) is 0 Å². The van der Waals surface area contributed by atoms with Crippen LogP contribution in [-0.2, 0) is 18.4 Å². The number of anilines is 1. The minimum atomic E-state index is -0.163. The number of rotatable bonds is 7. The summed E-state index contributed by atoms with van der Waals surface area (Å²) in [6.45, 7) is 4.52. The molecule has 1 heterocycles. The minimum Gasteiger partial charge on any atom is -0.359 e. The van der Waals surface area contributed by atoms with Gasteiger partial charge in [0, 0.05) is 44.9 Å². The Morgan fingerprint density at radius 2 is 2.08 bits per heavy atom. The van der Waals surface area contributed by atoms with Crippen molar-refractivity contribution in [1.82, 2.24) is 20.0 Å². The van der Waals surface area contributed by atoms with E-state index in [1.54, 1.807) is 24.0 Å². The van der Waals surface area contributed by atoms with Crippen LogP contribution in [0.15, 0.2) is 30.5 Å². The first-order valence-corrected chi connectivity index (χ1v) is 8.61. The van der Waals surface area contributed by atoms with Gasteiger partial charge >= 0.3 is 0 Å². The van der Waals surface area contributed by atoms with Gasteiger partial charge in [-0.3, -0.25) is 19.2 Å². The van der Waals surface area contributed by atoms with Gasteiger partial charge in [0.1, 0.15) is 0 Å². The summed E-state index contributed by atoms with van der Waals surface area (Å²) in [4.78, 5) is 26.1. The van der Waals surface area contributed by atoms with Crippen molar-refractivity contribution >= 4 is 17.5 Å². The van der Waals surface area contributed by atoms with E-state index in [2.05, 4.69) is 20.6 Å². The van der Waals surface area contributed by atoms with Crippen molar-refractivity contribution in [3.8, 4) is 0 Å². The fourth-order valence-corrected chi connectivity index (χ4v) is 2.70. The number of nitrogens with zero attached hydrogens (tertiary/aromatic N) is 3. The quantitative estimate of drug-likeness (QED) is 0.794. The molecule has 0 aliphatic heterocycles. The molecule has 2 N–H and O–H groups in total. The van der Waals surface area contributed by atoms with Gasteiger partial charge in [0.05, 0.1) is 11.4 Å². The first-order chi connectivity index (χ1) is 12.3. The second-order valence-corrected chi connectivity index (χ2v) is 6.60. The highest BCUT2D eigenvalue weighted by atomic mass is 16.2. The van der Waals surface area contributed by atoms with E-state index in [1.807, 2.05) is 46.1 Å². The van der Waals surface area contributed by atoms with Crippen LogP contribution in [0.3, 0.4) is 0 Å². The molecule has 140 valence electrons. The van der Waals surface area contributed by atoms with Crippen LogP contribution >= 0.6 is 0 Å². The van der Waals surface area contributed by atoms with Crippen molar-refractivity contribution < 1.29 is 9.59 Å². The lowest BCUT2D eigenvalue weighted by Crippen LogP contribution is -2.33. The third kappa shape index (κ3) is 5.16. The smallest absolute Gasteiger partial charge is 0.255 e. The maximum absolute atomic E-state index is 12.5. The predicted molar refractivity (Wildman–Crippen MR) is 102 cm³/mol. The molecule has 0 saturated heterocycles. The zero-order valence-corrected chi connectivity index (χ0v) is 16.0. The highest BCUT2D eigenvalue weighted by Gasteiger charge is 2.15. The summed E-state index contributed by atoms with van der Waals surface area (Å²) in [7, 11) is 5.43. The van der Waals surface area contributed by atoms with Crippen LogP contribution in [0.25, 0.3) is 0 Å². The van der Waals surface area contributed by atoms with Crippen LogP contribution in [-0.4, -0.2) is 46.6 Å². The average Bonchev–Trinajstić information content (AvgIpc) is 2.91. The normalized spacial score (nSPS) is 12.1. The summed E-state index contributed by atoms with van der Waals surface area (Å²) >= 11 is 0. The van der Waals surface area contributed by atoms with E-state index in [0.717, 1.165) is 11.3 Å². The molecule has 0 saturated carbocycles. The second-order valence-electron chi connectivity index (χ2n) is 6.60. The third-order valence-corrected chi connectivity index (χ3v) is 4.39. The molecule has 7 nitrogen and oxygen atoms in total. The zero-order valence-electron chi connectivity index (χ0n) is 16.0. The molecule has 0 bridgehead atoms. The Labute approximate surface area is 154 Å². The van der Waals surface area contributed by atoms with Crippen molar-refractivity contribution in [2.75, 3.05) is 19.4 Å². The lowest BCUT2D eigenvalue weighted by Gasteiger charge is -2.24. The van der Waals surface area contributed by atoms with E-state index in [-0.39, 0.29) is 17.9 Å². The van der Waals surface area contributed by atoms with Gasteiger partial charge < -0.3 is 10.6 Å². The van der Waals surface area contributed by atoms with Gasteiger partial charge in [-0.15, -0.1) is 0 Å². The molecule has 2 rings (SSSR count). The first kappa shape index (κ1) is 19.7. The molecule has 2 aromatic rings. The Balaban J connectivity index is 2.03. The number of nitrogens with one attached hydrogen (secondary N) is 2. The molecular formula is C19H27N5O2. The third-order valence-electron chi connectivity index (χ3n) is 4.39. The molecule has 2 amide bonds. The van der Waals surface area contributed by atoms with Gasteiger partial charge in [-0.1, -0.05) is 12.1 Å². The van der Waals surface area contributed by atoms with E-state index in [9.17, 15) is 9.59 Å². The Bertz CT molecular complexity index is 784. The fourth-order valence-electron chi connectivity index (χ4n) is 2.70. The van der Waals surface area contributed by atoms with E-state index < -0.39 is 0 Å². The van der Waals surface area contributed by atoms with E-state index in [4.69, 9.17) is 0 Å². The van der Waals surface area contributed by atoms with Gasteiger partial charge in [-0.25, -0.2) is 0 Å². The molecule has 1 aromatic carbocycles. The van der Waals surface area contributed by atoms with Crippen molar-refractivity contribution in [2.45, 2.75) is 32.9 Å². The van der Waals surface area contributed by atoms with Crippen molar-refractivity contribution in [3.63, 3.8) is 0 Å². The van der Waals surface area contributed by atoms with Crippen molar-refractivity contribution in [3.05, 3.63) is 47.3 Å². The second kappa shape index (κ2) is 8.62. The first-order valence-electron chi connectivity index (χ1n) is 8.61. The number of aromatic nitrogens is 2. The van der Waals surface area contributed by atoms with Gasteiger partial charge in [-0.2, -0.15) is 5.10 Å². The number of hydrogen-bond acceptors (Lipinski definition) is 4. The zero-order chi connectivity index (χ0) is 19.3. The van der Waals surface area contributed by atoms with Gasteiger partial charge in [0.15, 0.2) is 0 Å². The topological polar surface area (TPSA) is 79.3 Å². The van der Waals surface area contributed by atoms with Crippen LogP contribution in [0.5, 0.6) is 0 Å². The number of benzene rings is 1. The standard InChI is InChI=1S/C19H27N5O2/c1-13(9-18(25)20-3)23(4)11-15-7-6-8-16(10-15)19(26)21-17-12-24(5)22-14(17)2/h6-8,10,12-13H,9,11H2,1-5H3,(H,20,25)(H,21,26). The number of hydrogen-bond donors (Lipinski definition) is 2. The molecule has 0 radical (unpaired) electrons. The Hall–Kier alpha value is -2.67. The lowest BCUT2D eigenvalue weighted by molar-refractivity contribution is -0.121. The van der Waals surface area contributed by atoms with Gasteiger partial charge in [-0.05, 0) is 38.6 Å². The Kier molecular flexibility index (Phi) is 6.52. The summed E-state index contributed by atoms with van der Waals surface area (Å²) in [6.07, 6.45) is 2.22. The molecule has 1 atom stereocenters. The van der Waals surface area contributed by atoms with Gasteiger partial charge in [0.25, 0.3) is 5.91 Å². The molecule has 0 aliphatic rings. The number of aryl methyl sites for hydroxylation is 2.